The molecule has 4 aromatic rings. The maximum atomic E-state index is 4.44. The lowest BCUT2D eigenvalue weighted by Gasteiger charge is -2.38. The molecule has 0 spiro atoms. The zero-order valence-corrected chi connectivity index (χ0v) is 18.1. The number of nitrogens with zero attached hydrogens (tertiary/aromatic N) is 3. The van der Waals surface area contributed by atoms with Gasteiger partial charge in [0, 0.05) is 29.3 Å². The standard InChI is InChI=1S/C27H28N4/c1-3-27(4-2,30-26-28-20-13-21-29-26)24-18-11-12-19-25(24)31(22-14-7-5-8-15-22)23-16-9-6-10-17-23/h5-21H,3-4H2,1-2H3,(H,28,29,30). The molecule has 1 heterocycles. The first-order valence-corrected chi connectivity index (χ1v) is 10.8. The third kappa shape index (κ3) is 4.29. The average molecular weight is 409 g/mol. The second kappa shape index (κ2) is 9.43. The molecule has 1 N–H and O–H groups in total. The number of aromatic nitrogens is 2. The van der Waals surface area contributed by atoms with Crippen molar-refractivity contribution in [3.63, 3.8) is 0 Å². The fourth-order valence-corrected chi connectivity index (χ4v) is 4.11. The summed E-state index contributed by atoms with van der Waals surface area (Å²) in [6.45, 7) is 4.43. The van der Waals surface area contributed by atoms with Crippen molar-refractivity contribution in [1.29, 1.82) is 0 Å². The Labute approximate surface area is 184 Å². The van der Waals surface area contributed by atoms with E-state index in [-0.39, 0.29) is 5.54 Å². The molecule has 0 fully saturated rings. The molecule has 0 aliphatic carbocycles. The van der Waals surface area contributed by atoms with E-state index in [1.807, 2.05) is 6.07 Å². The summed E-state index contributed by atoms with van der Waals surface area (Å²) in [5.41, 5.74) is 4.31. The molecule has 4 nitrogen and oxygen atoms in total. The smallest absolute Gasteiger partial charge is 0.223 e. The third-order valence-electron chi connectivity index (χ3n) is 5.81. The summed E-state index contributed by atoms with van der Waals surface area (Å²) in [5.74, 6) is 0.645. The molecule has 31 heavy (non-hydrogen) atoms. The molecule has 156 valence electrons. The average Bonchev–Trinajstić information content (AvgIpc) is 2.85. The third-order valence-corrected chi connectivity index (χ3v) is 5.81. The maximum Gasteiger partial charge on any atom is 0.223 e. The van der Waals surface area contributed by atoms with Crippen molar-refractivity contribution >= 4 is 23.0 Å². The van der Waals surface area contributed by atoms with Gasteiger partial charge < -0.3 is 10.2 Å². The zero-order chi connectivity index (χ0) is 21.5. The topological polar surface area (TPSA) is 41.1 Å². The van der Waals surface area contributed by atoms with E-state index in [4.69, 9.17) is 0 Å². The van der Waals surface area contributed by atoms with Gasteiger partial charge in [-0.3, -0.25) is 0 Å². The summed E-state index contributed by atoms with van der Waals surface area (Å²) in [7, 11) is 0. The van der Waals surface area contributed by atoms with Crippen LogP contribution >= 0.6 is 0 Å². The van der Waals surface area contributed by atoms with Crippen LogP contribution in [-0.2, 0) is 5.54 Å². The minimum atomic E-state index is -0.306. The van der Waals surface area contributed by atoms with Gasteiger partial charge in [-0.2, -0.15) is 0 Å². The monoisotopic (exact) mass is 408 g/mol. The van der Waals surface area contributed by atoms with Gasteiger partial charge in [0.1, 0.15) is 0 Å². The van der Waals surface area contributed by atoms with Crippen molar-refractivity contribution in [3.8, 4) is 0 Å². The van der Waals surface area contributed by atoms with Gasteiger partial charge in [0.05, 0.1) is 11.2 Å². The molecule has 0 saturated heterocycles. The quantitative estimate of drug-likeness (QED) is 0.338. The first-order valence-electron chi connectivity index (χ1n) is 10.8. The largest absolute Gasteiger partial charge is 0.345 e. The first-order chi connectivity index (χ1) is 15.3. The second-order valence-electron chi connectivity index (χ2n) is 7.51. The fourth-order valence-electron chi connectivity index (χ4n) is 4.11. The van der Waals surface area contributed by atoms with E-state index in [1.54, 1.807) is 12.4 Å². The molecule has 4 heteroatoms. The lowest BCUT2D eigenvalue weighted by Crippen LogP contribution is -2.36. The highest BCUT2D eigenvalue weighted by Gasteiger charge is 2.33. The van der Waals surface area contributed by atoms with Crippen molar-refractivity contribution in [2.24, 2.45) is 0 Å². The van der Waals surface area contributed by atoms with Crippen LogP contribution in [0.4, 0.5) is 23.0 Å². The van der Waals surface area contributed by atoms with Crippen molar-refractivity contribution in [2.75, 3.05) is 10.2 Å². The molecule has 0 bridgehead atoms. The number of nitrogens with one attached hydrogen (secondary N) is 1. The fraction of sp³-hybridized carbons (Fsp3) is 0.185. The van der Waals surface area contributed by atoms with Gasteiger partial charge in [0.15, 0.2) is 0 Å². The van der Waals surface area contributed by atoms with E-state index in [0.29, 0.717) is 5.95 Å². The molecule has 0 atom stereocenters. The molecular weight excluding hydrogens is 380 g/mol. The van der Waals surface area contributed by atoms with Crippen LogP contribution in [0.15, 0.2) is 103 Å². The molecule has 0 amide bonds. The minimum absolute atomic E-state index is 0.306. The van der Waals surface area contributed by atoms with E-state index >= 15 is 0 Å². The van der Waals surface area contributed by atoms with Crippen molar-refractivity contribution in [1.82, 2.24) is 9.97 Å². The van der Waals surface area contributed by atoms with Crippen LogP contribution in [0.5, 0.6) is 0 Å². The lowest BCUT2D eigenvalue weighted by molar-refractivity contribution is 0.451. The Bertz CT molecular complexity index is 1040. The Morgan fingerprint density at radius 3 is 1.74 bits per heavy atom. The molecule has 0 radical (unpaired) electrons. The van der Waals surface area contributed by atoms with Crippen LogP contribution in [0.25, 0.3) is 0 Å². The maximum absolute atomic E-state index is 4.44. The Morgan fingerprint density at radius 2 is 1.19 bits per heavy atom. The SMILES string of the molecule is CCC(CC)(Nc1ncccn1)c1ccccc1N(c1ccccc1)c1ccccc1. The number of para-hydroxylation sites is 3. The number of rotatable bonds is 8. The summed E-state index contributed by atoms with van der Waals surface area (Å²) >= 11 is 0. The number of benzene rings is 3. The van der Waals surface area contributed by atoms with E-state index in [0.717, 1.165) is 29.9 Å². The number of hydrogen-bond donors (Lipinski definition) is 1. The van der Waals surface area contributed by atoms with Crippen LogP contribution in [0, 0.1) is 0 Å². The van der Waals surface area contributed by atoms with E-state index < -0.39 is 0 Å². The molecule has 1 aromatic heterocycles. The Balaban J connectivity index is 1.89. The van der Waals surface area contributed by atoms with Crippen molar-refractivity contribution in [3.05, 3.63) is 109 Å². The molecule has 0 aliphatic rings. The van der Waals surface area contributed by atoms with E-state index in [1.165, 1.54) is 5.56 Å². The van der Waals surface area contributed by atoms with Gasteiger partial charge in [0.2, 0.25) is 5.95 Å². The predicted molar refractivity (Wildman–Crippen MR) is 129 cm³/mol. The lowest BCUT2D eigenvalue weighted by atomic mass is 9.83. The van der Waals surface area contributed by atoms with Gasteiger partial charge in [0.25, 0.3) is 0 Å². The summed E-state index contributed by atoms with van der Waals surface area (Å²) in [6, 6.07) is 31.5. The van der Waals surface area contributed by atoms with Crippen LogP contribution in [0.3, 0.4) is 0 Å². The summed E-state index contributed by atoms with van der Waals surface area (Å²) in [6.07, 6.45) is 5.35. The highest BCUT2D eigenvalue weighted by Crippen LogP contribution is 2.43. The molecule has 3 aromatic carbocycles. The summed E-state index contributed by atoms with van der Waals surface area (Å²) < 4.78 is 0. The van der Waals surface area contributed by atoms with Crippen LogP contribution < -0.4 is 10.2 Å². The van der Waals surface area contributed by atoms with Crippen LogP contribution in [0.2, 0.25) is 0 Å². The molecular formula is C27H28N4. The van der Waals surface area contributed by atoms with Gasteiger partial charge in [-0.1, -0.05) is 68.4 Å². The molecule has 0 aliphatic heterocycles. The van der Waals surface area contributed by atoms with E-state index in [9.17, 15) is 0 Å². The molecule has 0 unspecified atom stereocenters. The highest BCUT2D eigenvalue weighted by molar-refractivity contribution is 5.79. The normalized spacial score (nSPS) is 11.2. The number of anilines is 4. The Kier molecular flexibility index (Phi) is 6.27. The highest BCUT2D eigenvalue weighted by atomic mass is 15.2. The zero-order valence-electron chi connectivity index (χ0n) is 18.1. The van der Waals surface area contributed by atoms with Crippen LogP contribution in [-0.4, -0.2) is 9.97 Å². The van der Waals surface area contributed by atoms with Gasteiger partial charge in [-0.15, -0.1) is 0 Å². The van der Waals surface area contributed by atoms with Crippen LogP contribution in [0.1, 0.15) is 32.3 Å². The van der Waals surface area contributed by atoms with Gasteiger partial charge >= 0.3 is 0 Å². The summed E-state index contributed by atoms with van der Waals surface area (Å²) in [5, 5.41) is 3.66. The van der Waals surface area contributed by atoms with Crippen molar-refractivity contribution < 1.29 is 0 Å². The van der Waals surface area contributed by atoms with Crippen molar-refractivity contribution in [2.45, 2.75) is 32.2 Å². The van der Waals surface area contributed by atoms with Gasteiger partial charge in [-0.25, -0.2) is 9.97 Å². The second-order valence-corrected chi connectivity index (χ2v) is 7.51. The van der Waals surface area contributed by atoms with E-state index in [2.05, 4.69) is 119 Å². The Hall–Kier alpha value is -3.66. The molecule has 4 rings (SSSR count). The number of hydrogen-bond acceptors (Lipinski definition) is 4. The Morgan fingerprint density at radius 1 is 0.677 bits per heavy atom. The minimum Gasteiger partial charge on any atom is -0.345 e. The van der Waals surface area contributed by atoms with Gasteiger partial charge in [-0.05, 0) is 49.2 Å². The first kappa shape index (κ1) is 20.6. The molecule has 0 saturated carbocycles. The predicted octanol–water partition coefficient (Wildman–Crippen LogP) is 7.07. The summed E-state index contributed by atoms with van der Waals surface area (Å²) in [4.78, 5) is 11.2.